The van der Waals surface area contributed by atoms with Gasteiger partial charge in [-0.25, -0.2) is 4.79 Å². The quantitative estimate of drug-likeness (QED) is 0.662. The minimum atomic E-state index is -0.189. The van der Waals surface area contributed by atoms with Crippen LogP contribution in [0.5, 0.6) is 0 Å². The second-order valence-electron chi connectivity index (χ2n) is 4.36. The summed E-state index contributed by atoms with van der Waals surface area (Å²) in [5.41, 5.74) is 1.93. The topological polar surface area (TPSA) is 62.4 Å². The minimum Gasteiger partial charge on any atom is -0.385 e. The van der Waals surface area contributed by atoms with Gasteiger partial charge in [-0.2, -0.15) is 0 Å². The van der Waals surface area contributed by atoms with Gasteiger partial charge in [0.1, 0.15) is 0 Å². The number of ether oxygens (including phenoxy) is 1. The van der Waals surface area contributed by atoms with Gasteiger partial charge in [-0.1, -0.05) is 12.1 Å². The molecule has 0 saturated carbocycles. The lowest BCUT2D eigenvalue weighted by Gasteiger charge is -2.13. The third kappa shape index (κ3) is 5.72. The van der Waals surface area contributed by atoms with Crippen molar-refractivity contribution < 1.29 is 9.53 Å². The van der Waals surface area contributed by atoms with E-state index in [0.717, 1.165) is 17.7 Å². The first-order chi connectivity index (χ1) is 9.17. The summed E-state index contributed by atoms with van der Waals surface area (Å²) >= 11 is 0. The monoisotopic (exact) mass is 265 g/mol. The Bertz CT molecular complexity index is 396. The summed E-state index contributed by atoms with van der Waals surface area (Å²) < 4.78 is 4.92. The van der Waals surface area contributed by atoms with Gasteiger partial charge in [-0.3, -0.25) is 0 Å². The van der Waals surface area contributed by atoms with Gasteiger partial charge in [0.2, 0.25) is 0 Å². The molecule has 19 heavy (non-hydrogen) atoms. The van der Waals surface area contributed by atoms with Crippen molar-refractivity contribution in [3.63, 3.8) is 0 Å². The highest BCUT2D eigenvalue weighted by molar-refractivity contribution is 5.89. The number of amides is 2. The zero-order valence-electron chi connectivity index (χ0n) is 11.8. The summed E-state index contributed by atoms with van der Waals surface area (Å²) in [6.45, 7) is 3.33. The summed E-state index contributed by atoms with van der Waals surface area (Å²) in [6, 6.07) is 7.88. The van der Waals surface area contributed by atoms with Gasteiger partial charge >= 0.3 is 6.03 Å². The van der Waals surface area contributed by atoms with Gasteiger partial charge in [-0.15, -0.1) is 0 Å². The van der Waals surface area contributed by atoms with E-state index >= 15 is 0 Å². The molecule has 1 aromatic rings. The lowest BCUT2D eigenvalue weighted by molar-refractivity contribution is 0.194. The SMILES string of the molecule is CNC(C)c1cccc(NC(=O)NCCCOC)c1. The molecule has 1 unspecified atom stereocenters. The van der Waals surface area contributed by atoms with Crippen LogP contribution in [0.4, 0.5) is 10.5 Å². The Morgan fingerprint density at radius 2 is 2.21 bits per heavy atom. The fourth-order valence-electron chi connectivity index (χ4n) is 1.65. The summed E-state index contributed by atoms with van der Waals surface area (Å²) in [5, 5.41) is 8.77. The number of rotatable bonds is 7. The molecule has 0 aliphatic carbocycles. The van der Waals surface area contributed by atoms with Crippen LogP contribution in [-0.2, 0) is 4.74 Å². The predicted octanol–water partition coefficient (Wildman–Crippen LogP) is 2.12. The van der Waals surface area contributed by atoms with Crippen LogP contribution in [0.1, 0.15) is 24.9 Å². The maximum Gasteiger partial charge on any atom is 0.319 e. The van der Waals surface area contributed by atoms with Crippen LogP contribution in [0.25, 0.3) is 0 Å². The third-order valence-electron chi connectivity index (χ3n) is 2.89. The molecule has 106 valence electrons. The van der Waals surface area contributed by atoms with Crippen LogP contribution in [-0.4, -0.2) is 33.3 Å². The first-order valence-electron chi connectivity index (χ1n) is 6.48. The van der Waals surface area contributed by atoms with E-state index in [1.54, 1.807) is 7.11 Å². The van der Waals surface area contributed by atoms with E-state index in [-0.39, 0.29) is 12.1 Å². The number of nitrogens with one attached hydrogen (secondary N) is 3. The molecule has 0 aromatic heterocycles. The lowest BCUT2D eigenvalue weighted by atomic mass is 10.1. The molecule has 0 aliphatic heterocycles. The van der Waals surface area contributed by atoms with E-state index in [0.29, 0.717) is 13.2 Å². The normalized spacial score (nSPS) is 11.9. The van der Waals surface area contributed by atoms with Gasteiger partial charge in [-0.05, 0) is 38.1 Å². The summed E-state index contributed by atoms with van der Waals surface area (Å²) in [5.74, 6) is 0. The minimum absolute atomic E-state index is 0.189. The molecular formula is C14H23N3O2. The van der Waals surface area contributed by atoms with Crippen LogP contribution < -0.4 is 16.0 Å². The third-order valence-corrected chi connectivity index (χ3v) is 2.89. The maximum atomic E-state index is 11.6. The van der Waals surface area contributed by atoms with Crippen LogP contribution in [0.3, 0.4) is 0 Å². The molecule has 1 atom stereocenters. The van der Waals surface area contributed by atoms with Crippen molar-refractivity contribution in [2.75, 3.05) is 32.6 Å². The summed E-state index contributed by atoms with van der Waals surface area (Å²) in [7, 11) is 3.56. The molecule has 0 saturated heterocycles. The first-order valence-corrected chi connectivity index (χ1v) is 6.48. The second-order valence-corrected chi connectivity index (χ2v) is 4.36. The molecule has 0 aliphatic rings. The number of hydrogen-bond donors (Lipinski definition) is 3. The van der Waals surface area contributed by atoms with Crippen molar-refractivity contribution in [3.05, 3.63) is 29.8 Å². The molecule has 0 radical (unpaired) electrons. The number of carbonyl (C=O) groups excluding carboxylic acids is 1. The van der Waals surface area contributed by atoms with E-state index in [1.807, 2.05) is 31.3 Å². The van der Waals surface area contributed by atoms with Crippen molar-refractivity contribution >= 4 is 11.7 Å². The molecule has 2 amide bonds. The largest absolute Gasteiger partial charge is 0.385 e. The lowest BCUT2D eigenvalue weighted by Crippen LogP contribution is -2.30. The molecule has 5 nitrogen and oxygen atoms in total. The zero-order chi connectivity index (χ0) is 14.1. The van der Waals surface area contributed by atoms with Crippen LogP contribution in [0, 0.1) is 0 Å². The Morgan fingerprint density at radius 3 is 2.89 bits per heavy atom. The van der Waals surface area contributed by atoms with Crippen LogP contribution in [0.2, 0.25) is 0 Å². The average Bonchev–Trinajstić information content (AvgIpc) is 2.43. The number of benzene rings is 1. The first kappa shape index (κ1) is 15.5. The Morgan fingerprint density at radius 1 is 1.42 bits per heavy atom. The van der Waals surface area contributed by atoms with Crippen molar-refractivity contribution in [2.45, 2.75) is 19.4 Å². The number of hydrogen-bond acceptors (Lipinski definition) is 3. The van der Waals surface area contributed by atoms with Crippen LogP contribution in [0.15, 0.2) is 24.3 Å². The van der Waals surface area contributed by atoms with E-state index in [2.05, 4.69) is 22.9 Å². The van der Waals surface area contributed by atoms with Gasteiger partial charge in [0, 0.05) is 32.0 Å². The van der Waals surface area contributed by atoms with Gasteiger partial charge in [0.15, 0.2) is 0 Å². The second kappa shape index (κ2) is 8.50. The molecule has 0 heterocycles. The van der Waals surface area contributed by atoms with E-state index in [1.165, 1.54) is 0 Å². The van der Waals surface area contributed by atoms with Gasteiger partial charge in [0.05, 0.1) is 0 Å². The highest BCUT2D eigenvalue weighted by Gasteiger charge is 2.05. The highest BCUT2D eigenvalue weighted by Crippen LogP contribution is 2.16. The van der Waals surface area contributed by atoms with Gasteiger partial charge in [0.25, 0.3) is 0 Å². The number of urea groups is 1. The Labute approximate surface area is 114 Å². The zero-order valence-corrected chi connectivity index (χ0v) is 11.8. The molecular weight excluding hydrogens is 242 g/mol. The molecule has 0 bridgehead atoms. The van der Waals surface area contributed by atoms with Crippen molar-refractivity contribution in [3.8, 4) is 0 Å². The fraction of sp³-hybridized carbons (Fsp3) is 0.500. The number of methoxy groups -OCH3 is 1. The summed E-state index contributed by atoms with van der Waals surface area (Å²) in [6.07, 6.45) is 0.806. The molecule has 0 spiro atoms. The Hall–Kier alpha value is -1.59. The number of carbonyl (C=O) groups is 1. The molecule has 5 heteroatoms. The highest BCUT2D eigenvalue weighted by atomic mass is 16.5. The average molecular weight is 265 g/mol. The molecule has 3 N–H and O–H groups in total. The smallest absolute Gasteiger partial charge is 0.319 e. The van der Waals surface area contributed by atoms with Gasteiger partial charge < -0.3 is 20.7 Å². The standard InChI is InChI=1S/C14H23N3O2/c1-11(15-2)12-6-4-7-13(10-12)17-14(18)16-8-5-9-19-3/h4,6-7,10-11,15H,5,8-9H2,1-3H3,(H2,16,17,18). The van der Waals surface area contributed by atoms with E-state index < -0.39 is 0 Å². The Kier molecular flexibility index (Phi) is 6.92. The maximum absolute atomic E-state index is 11.6. The molecule has 1 rings (SSSR count). The summed E-state index contributed by atoms with van der Waals surface area (Å²) in [4.78, 5) is 11.6. The predicted molar refractivity (Wildman–Crippen MR) is 77.4 cm³/mol. The van der Waals surface area contributed by atoms with E-state index in [4.69, 9.17) is 4.74 Å². The van der Waals surface area contributed by atoms with Crippen molar-refractivity contribution in [2.24, 2.45) is 0 Å². The molecule has 0 fully saturated rings. The molecule has 1 aromatic carbocycles. The van der Waals surface area contributed by atoms with Crippen molar-refractivity contribution in [1.82, 2.24) is 10.6 Å². The van der Waals surface area contributed by atoms with Crippen molar-refractivity contribution in [1.29, 1.82) is 0 Å². The fourth-order valence-corrected chi connectivity index (χ4v) is 1.65. The van der Waals surface area contributed by atoms with E-state index in [9.17, 15) is 4.79 Å². The van der Waals surface area contributed by atoms with Crippen LogP contribution >= 0.6 is 0 Å². The number of anilines is 1. The Balaban J connectivity index is 2.45.